The molecule has 0 aliphatic carbocycles. The summed E-state index contributed by atoms with van der Waals surface area (Å²) in [5.41, 5.74) is -0.450. The van der Waals surface area contributed by atoms with Crippen molar-refractivity contribution in [2.75, 3.05) is 11.9 Å². The Morgan fingerprint density at radius 3 is 3.00 bits per heavy atom. The first-order chi connectivity index (χ1) is 7.60. The zero-order valence-corrected chi connectivity index (χ0v) is 10.7. The van der Waals surface area contributed by atoms with Crippen molar-refractivity contribution >= 4 is 27.7 Å². The summed E-state index contributed by atoms with van der Waals surface area (Å²) in [6.45, 7) is 2.83. The minimum Gasteiger partial charge on any atom is -0.309 e. The van der Waals surface area contributed by atoms with E-state index in [0.717, 1.165) is 23.9 Å². The summed E-state index contributed by atoms with van der Waals surface area (Å²) in [6, 6.07) is 3.63. The molecule has 1 aliphatic heterocycles. The molecule has 0 saturated carbocycles. The van der Waals surface area contributed by atoms with Gasteiger partial charge in [0.25, 0.3) is 0 Å². The lowest BCUT2D eigenvalue weighted by molar-refractivity contribution is -0.121. The van der Waals surface area contributed by atoms with Gasteiger partial charge in [-0.05, 0) is 54.4 Å². The summed E-state index contributed by atoms with van der Waals surface area (Å²) in [4.78, 5) is 16.1. The Labute approximate surface area is 103 Å². The van der Waals surface area contributed by atoms with E-state index >= 15 is 0 Å². The molecule has 0 bridgehead atoms. The molecular weight excluding hydrogens is 270 g/mol. The number of carbonyl (C=O) groups is 1. The molecule has 5 heteroatoms. The SMILES string of the molecule is CC1(C(=O)Nc2ccc(Br)cn2)CCCN1. The Bertz CT molecular complexity index is 385. The molecule has 1 aromatic heterocycles. The molecule has 1 unspecified atom stereocenters. The van der Waals surface area contributed by atoms with E-state index in [1.54, 1.807) is 12.3 Å². The minimum absolute atomic E-state index is 0.0141. The number of nitrogens with zero attached hydrogens (tertiary/aromatic N) is 1. The van der Waals surface area contributed by atoms with Crippen LogP contribution in [-0.2, 0) is 4.79 Å². The van der Waals surface area contributed by atoms with Gasteiger partial charge in [-0.2, -0.15) is 0 Å². The van der Waals surface area contributed by atoms with Gasteiger partial charge in [0.1, 0.15) is 5.82 Å². The van der Waals surface area contributed by atoms with E-state index in [4.69, 9.17) is 0 Å². The molecule has 1 aliphatic rings. The van der Waals surface area contributed by atoms with Gasteiger partial charge in [-0.25, -0.2) is 4.98 Å². The van der Waals surface area contributed by atoms with Gasteiger partial charge in [0.05, 0.1) is 5.54 Å². The van der Waals surface area contributed by atoms with Gasteiger partial charge < -0.3 is 10.6 Å². The number of carbonyl (C=O) groups excluding carboxylic acids is 1. The third-order valence-electron chi connectivity index (χ3n) is 2.84. The Hall–Kier alpha value is -0.940. The first-order valence-corrected chi connectivity index (χ1v) is 6.07. The summed E-state index contributed by atoms with van der Waals surface area (Å²) >= 11 is 3.30. The predicted octanol–water partition coefficient (Wildman–Crippen LogP) is 1.92. The summed E-state index contributed by atoms with van der Waals surface area (Å²) in [5, 5.41) is 6.03. The van der Waals surface area contributed by atoms with Crippen molar-refractivity contribution in [3.8, 4) is 0 Å². The van der Waals surface area contributed by atoms with Crippen molar-refractivity contribution < 1.29 is 4.79 Å². The second kappa shape index (κ2) is 4.51. The molecule has 86 valence electrons. The van der Waals surface area contributed by atoms with Crippen LogP contribution in [0.1, 0.15) is 19.8 Å². The van der Waals surface area contributed by atoms with Gasteiger partial charge in [0, 0.05) is 10.7 Å². The highest BCUT2D eigenvalue weighted by Gasteiger charge is 2.35. The summed E-state index contributed by atoms with van der Waals surface area (Å²) in [5.74, 6) is 0.572. The molecule has 2 rings (SSSR count). The van der Waals surface area contributed by atoms with Crippen LogP contribution in [0.2, 0.25) is 0 Å². The molecule has 2 N–H and O–H groups in total. The van der Waals surface area contributed by atoms with Gasteiger partial charge >= 0.3 is 0 Å². The van der Waals surface area contributed by atoms with Gasteiger partial charge in [-0.3, -0.25) is 4.79 Å². The van der Waals surface area contributed by atoms with Crippen LogP contribution >= 0.6 is 15.9 Å². The fraction of sp³-hybridized carbons (Fsp3) is 0.455. The summed E-state index contributed by atoms with van der Waals surface area (Å²) in [7, 11) is 0. The summed E-state index contributed by atoms with van der Waals surface area (Å²) < 4.78 is 0.899. The van der Waals surface area contributed by atoms with E-state index in [2.05, 4.69) is 31.5 Å². The Morgan fingerprint density at radius 2 is 2.44 bits per heavy atom. The van der Waals surface area contributed by atoms with Crippen LogP contribution in [0.15, 0.2) is 22.8 Å². The van der Waals surface area contributed by atoms with Crippen LogP contribution in [0.5, 0.6) is 0 Å². The Morgan fingerprint density at radius 1 is 1.62 bits per heavy atom. The second-order valence-corrected chi connectivity index (χ2v) is 5.09. The Balaban J connectivity index is 2.04. The third kappa shape index (κ3) is 2.41. The monoisotopic (exact) mass is 283 g/mol. The number of aromatic nitrogens is 1. The number of amides is 1. The van der Waals surface area contributed by atoms with Crippen LogP contribution in [0.3, 0.4) is 0 Å². The minimum atomic E-state index is -0.450. The number of hydrogen-bond donors (Lipinski definition) is 2. The van der Waals surface area contributed by atoms with Crippen molar-refractivity contribution in [1.82, 2.24) is 10.3 Å². The summed E-state index contributed by atoms with van der Waals surface area (Å²) in [6.07, 6.45) is 3.58. The number of nitrogens with one attached hydrogen (secondary N) is 2. The standard InChI is InChI=1S/C11H14BrN3O/c1-11(5-2-6-14-11)10(16)15-9-4-3-8(12)7-13-9/h3-4,7,14H,2,5-6H2,1H3,(H,13,15,16). The molecule has 2 heterocycles. The zero-order valence-electron chi connectivity index (χ0n) is 9.09. The quantitative estimate of drug-likeness (QED) is 0.872. The number of anilines is 1. The van der Waals surface area contributed by atoms with Crippen LogP contribution in [0, 0.1) is 0 Å². The lowest BCUT2D eigenvalue weighted by atomic mass is 9.99. The molecule has 0 spiro atoms. The predicted molar refractivity (Wildman–Crippen MR) is 66.2 cm³/mol. The third-order valence-corrected chi connectivity index (χ3v) is 3.31. The highest BCUT2D eigenvalue weighted by Crippen LogP contribution is 2.20. The van der Waals surface area contributed by atoms with E-state index in [0.29, 0.717) is 5.82 Å². The number of hydrogen-bond acceptors (Lipinski definition) is 3. The maximum atomic E-state index is 12.0. The molecule has 1 fully saturated rings. The van der Waals surface area contributed by atoms with Gasteiger partial charge in [0.2, 0.25) is 5.91 Å². The normalized spacial score (nSPS) is 24.4. The smallest absolute Gasteiger partial charge is 0.245 e. The molecule has 4 nitrogen and oxygen atoms in total. The van der Waals surface area contributed by atoms with Crippen molar-refractivity contribution in [3.63, 3.8) is 0 Å². The molecule has 1 atom stereocenters. The van der Waals surface area contributed by atoms with Gasteiger partial charge in [-0.1, -0.05) is 0 Å². The van der Waals surface area contributed by atoms with Crippen LogP contribution in [-0.4, -0.2) is 23.0 Å². The lowest BCUT2D eigenvalue weighted by Crippen LogP contribution is -2.48. The van der Waals surface area contributed by atoms with Crippen LogP contribution in [0.4, 0.5) is 5.82 Å². The average Bonchev–Trinajstić information content (AvgIpc) is 2.70. The maximum Gasteiger partial charge on any atom is 0.245 e. The molecule has 1 aromatic rings. The largest absolute Gasteiger partial charge is 0.309 e. The molecule has 0 radical (unpaired) electrons. The second-order valence-electron chi connectivity index (χ2n) is 4.18. The van der Waals surface area contributed by atoms with Crippen LogP contribution in [0.25, 0.3) is 0 Å². The molecule has 0 aromatic carbocycles. The number of rotatable bonds is 2. The van der Waals surface area contributed by atoms with Crippen LogP contribution < -0.4 is 10.6 Å². The zero-order chi connectivity index (χ0) is 11.6. The van der Waals surface area contributed by atoms with Crippen molar-refractivity contribution in [2.24, 2.45) is 0 Å². The van der Waals surface area contributed by atoms with E-state index < -0.39 is 5.54 Å². The highest BCUT2D eigenvalue weighted by molar-refractivity contribution is 9.10. The van der Waals surface area contributed by atoms with E-state index in [1.165, 1.54) is 0 Å². The molecule has 1 amide bonds. The van der Waals surface area contributed by atoms with Crippen molar-refractivity contribution in [2.45, 2.75) is 25.3 Å². The van der Waals surface area contributed by atoms with Crippen molar-refractivity contribution in [3.05, 3.63) is 22.8 Å². The fourth-order valence-electron chi connectivity index (χ4n) is 1.79. The number of pyridine rings is 1. The topological polar surface area (TPSA) is 54.0 Å². The Kier molecular flexibility index (Phi) is 3.25. The first-order valence-electron chi connectivity index (χ1n) is 5.28. The van der Waals surface area contributed by atoms with E-state index in [-0.39, 0.29) is 5.91 Å². The molecular formula is C11H14BrN3O. The molecule has 16 heavy (non-hydrogen) atoms. The lowest BCUT2D eigenvalue weighted by Gasteiger charge is -2.22. The maximum absolute atomic E-state index is 12.0. The fourth-order valence-corrected chi connectivity index (χ4v) is 2.03. The van der Waals surface area contributed by atoms with Gasteiger partial charge in [0.15, 0.2) is 0 Å². The average molecular weight is 284 g/mol. The molecule has 1 saturated heterocycles. The number of halogens is 1. The van der Waals surface area contributed by atoms with E-state index in [9.17, 15) is 4.79 Å². The van der Waals surface area contributed by atoms with E-state index in [1.807, 2.05) is 13.0 Å². The first kappa shape index (κ1) is 11.5. The van der Waals surface area contributed by atoms with Gasteiger partial charge in [-0.15, -0.1) is 0 Å². The van der Waals surface area contributed by atoms with Crippen molar-refractivity contribution in [1.29, 1.82) is 0 Å². The highest BCUT2D eigenvalue weighted by atomic mass is 79.9.